The SMILES string of the molecule is CCN1CCNC(=O)C12CCN(C(=O)C1[C@H]3COC[C@@H]13)CC2. The van der Waals surface area contributed by atoms with Gasteiger partial charge in [0.25, 0.3) is 0 Å². The summed E-state index contributed by atoms with van der Waals surface area (Å²) in [5.41, 5.74) is -0.383. The molecule has 3 saturated heterocycles. The highest BCUT2D eigenvalue weighted by Crippen LogP contribution is 2.51. The lowest BCUT2D eigenvalue weighted by Crippen LogP contribution is -2.68. The van der Waals surface area contributed by atoms with Gasteiger partial charge in [-0.1, -0.05) is 6.92 Å². The zero-order valence-corrected chi connectivity index (χ0v) is 13.2. The molecule has 2 amide bonds. The molecule has 1 aliphatic carbocycles. The van der Waals surface area contributed by atoms with Gasteiger partial charge in [0.1, 0.15) is 5.54 Å². The van der Waals surface area contributed by atoms with Crippen molar-refractivity contribution in [3.63, 3.8) is 0 Å². The van der Waals surface area contributed by atoms with Crippen LogP contribution in [-0.2, 0) is 14.3 Å². The van der Waals surface area contributed by atoms with E-state index in [1.54, 1.807) is 0 Å². The average molecular weight is 307 g/mol. The maximum atomic E-state index is 12.6. The molecule has 0 aromatic rings. The minimum atomic E-state index is -0.383. The van der Waals surface area contributed by atoms with E-state index in [0.29, 0.717) is 30.8 Å². The predicted octanol–water partition coefficient (Wildman–Crippen LogP) is -0.308. The molecule has 3 aliphatic heterocycles. The maximum Gasteiger partial charge on any atom is 0.240 e. The van der Waals surface area contributed by atoms with Crippen LogP contribution in [0.25, 0.3) is 0 Å². The van der Waals surface area contributed by atoms with E-state index in [0.717, 1.165) is 45.7 Å². The van der Waals surface area contributed by atoms with Crippen molar-refractivity contribution in [2.24, 2.45) is 17.8 Å². The van der Waals surface area contributed by atoms with Crippen molar-refractivity contribution in [1.82, 2.24) is 15.1 Å². The van der Waals surface area contributed by atoms with Crippen LogP contribution in [0.1, 0.15) is 19.8 Å². The topological polar surface area (TPSA) is 61.9 Å². The number of amides is 2. The van der Waals surface area contributed by atoms with Crippen molar-refractivity contribution in [3.8, 4) is 0 Å². The van der Waals surface area contributed by atoms with Crippen LogP contribution in [0.4, 0.5) is 0 Å². The number of nitrogens with zero attached hydrogens (tertiary/aromatic N) is 2. The van der Waals surface area contributed by atoms with E-state index in [4.69, 9.17) is 4.74 Å². The van der Waals surface area contributed by atoms with E-state index in [1.165, 1.54) is 0 Å². The Labute approximate surface area is 131 Å². The molecule has 1 unspecified atom stereocenters. The molecule has 0 aromatic heterocycles. The fourth-order valence-electron chi connectivity index (χ4n) is 4.74. The molecule has 0 bridgehead atoms. The lowest BCUT2D eigenvalue weighted by Gasteiger charge is -2.49. The van der Waals surface area contributed by atoms with Crippen molar-refractivity contribution < 1.29 is 14.3 Å². The summed E-state index contributed by atoms with van der Waals surface area (Å²) in [4.78, 5) is 29.4. The highest BCUT2D eigenvalue weighted by molar-refractivity contribution is 5.88. The summed E-state index contributed by atoms with van der Waals surface area (Å²) in [5, 5.41) is 3.02. The molecule has 1 N–H and O–H groups in total. The number of carbonyl (C=O) groups is 2. The van der Waals surface area contributed by atoms with E-state index in [-0.39, 0.29) is 17.4 Å². The van der Waals surface area contributed by atoms with Crippen LogP contribution in [0.2, 0.25) is 0 Å². The maximum absolute atomic E-state index is 12.6. The van der Waals surface area contributed by atoms with Crippen molar-refractivity contribution >= 4 is 11.8 Å². The lowest BCUT2D eigenvalue weighted by molar-refractivity contribution is -0.147. The highest BCUT2D eigenvalue weighted by Gasteiger charge is 2.59. The molecule has 1 spiro atoms. The standard InChI is InChI=1S/C16H25N3O3/c1-2-19-8-5-17-15(21)16(19)3-6-18(7-4-16)14(20)13-11-9-22-10-12(11)13/h11-13H,2-10H2,1H3,(H,17,21)/t11-,12+,13?. The summed E-state index contributed by atoms with van der Waals surface area (Å²) in [6.45, 7) is 7.59. The van der Waals surface area contributed by atoms with Gasteiger partial charge in [0.05, 0.1) is 13.2 Å². The minimum Gasteiger partial charge on any atom is -0.381 e. The van der Waals surface area contributed by atoms with Gasteiger partial charge in [0, 0.05) is 32.1 Å². The van der Waals surface area contributed by atoms with E-state index in [9.17, 15) is 9.59 Å². The van der Waals surface area contributed by atoms with E-state index < -0.39 is 0 Å². The zero-order chi connectivity index (χ0) is 15.3. The van der Waals surface area contributed by atoms with Crippen LogP contribution in [0, 0.1) is 17.8 Å². The Hall–Kier alpha value is -1.14. The van der Waals surface area contributed by atoms with Crippen molar-refractivity contribution in [2.75, 3.05) is 45.9 Å². The van der Waals surface area contributed by atoms with Gasteiger partial charge in [-0.05, 0) is 31.2 Å². The first kappa shape index (κ1) is 14.5. The zero-order valence-electron chi connectivity index (χ0n) is 13.2. The van der Waals surface area contributed by atoms with Crippen molar-refractivity contribution in [1.29, 1.82) is 0 Å². The molecule has 122 valence electrons. The molecule has 0 radical (unpaired) electrons. The summed E-state index contributed by atoms with van der Waals surface area (Å²) in [5.74, 6) is 1.59. The molecule has 3 atom stereocenters. The van der Waals surface area contributed by atoms with Gasteiger partial charge < -0.3 is 15.0 Å². The number of fused-ring (bicyclic) bond motifs is 1. The third-order valence-corrected chi connectivity index (χ3v) is 6.22. The van der Waals surface area contributed by atoms with Crippen LogP contribution in [0.15, 0.2) is 0 Å². The number of likely N-dealkylation sites (tertiary alicyclic amines) is 1. The smallest absolute Gasteiger partial charge is 0.240 e. The molecule has 4 fully saturated rings. The third kappa shape index (κ3) is 2.00. The number of hydrogen-bond donors (Lipinski definition) is 1. The quantitative estimate of drug-likeness (QED) is 0.760. The Morgan fingerprint density at radius 1 is 1.27 bits per heavy atom. The fourth-order valence-corrected chi connectivity index (χ4v) is 4.74. The second-order valence-corrected chi connectivity index (χ2v) is 7.08. The van der Waals surface area contributed by atoms with Crippen molar-refractivity contribution in [2.45, 2.75) is 25.3 Å². The van der Waals surface area contributed by atoms with Crippen molar-refractivity contribution in [3.05, 3.63) is 0 Å². The van der Waals surface area contributed by atoms with Gasteiger partial charge in [-0.3, -0.25) is 14.5 Å². The first-order chi connectivity index (χ1) is 10.7. The number of hydrogen-bond acceptors (Lipinski definition) is 4. The molecular weight excluding hydrogens is 282 g/mol. The Balaban J connectivity index is 1.41. The van der Waals surface area contributed by atoms with Gasteiger partial charge in [0.2, 0.25) is 11.8 Å². The number of rotatable bonds is 2. The molecule has 0 aromatic carbocycles. The molecule has 4 rings (SSSR count). The molecule has 4 aliphatic rings. The minimum absolute atomic E-state index is 0.157. The van der Waals surface area contributed by atoms with Crippen LogP contribution >= 0.6 is 0 Å². The number of carbonyl (C=O) groups excluding carboxylic acids is 2. The van der Waals surface area contributed by atoms with E-state index >= 15 is 0 Å². The largest absolute Gasteiger partial charge is 0.381 e. The molecule has 1 saturated carbocycles. The normalized spacial score (nSPS) is 37.0. The Bertz CT molecular complexity index is 477. The molecule has 3 heterocycles. The Morgan fingerprint density at radius 2 is 1.95 bits per heavy atom. The summed E-state index contributed by atoms with van der Waals surface area (Å²) in [7, 11) is 0. The number of piperazine rings is 1. The van der Waals surface area contributed by atoms with Gasteiger partial charge in [-0.25, -0.2) is 0 Å². The van der Waals surface area contributed by atoms with Gasteiger partial charge in [-0.2, -0.15) is 0 Å². The molecule has 22 heavy (non-hydrogen) atoms. The number of ether oxygens (including phenoxy) is 1. The van der Waals surface area contributed by atoms with Crippen LogP contribution in [0.5, 0.6) is 0 Å². The second kappa shape index (κ2) is 5.20. The summed E-state index contributed by atoms with van der Waals surface area (Å²) in [6.07, 6.45) is 1.52. The Morgan fingerprint density at radius 3 is 2.59 bits per heavy atom. The number of piperidine rings is 1. The third-order valence-electron chi connectivity index (χ3n) is 6.22. The van der Waals surface area contributed by atoms with Gasteiger partial charge in [-0.15, -0.1) is 0 Å². The second-order valence-electron chi connectivity index (χ2n) is 7.08. The number of nitrogens with one attached hydrogen (secondary N) is 1. The molecular formula is C16H25N3O3. The van der Waals surface area contributed by atoms with Gasteiger partial charge in [0.15, 0.2) is 0 Å². The summed E-state index contributed by atoms with van der Waals surface area (Å²) < 4.78 is 5.38. The van der Waals surface area contributed by atoms with Crippen LogP contribution in [-0.4, -0.2) is 73.1 Å². The summed E-state index contributed by atoms with van der Waals surface area (Å²) in [6, 6.07) is 0. The van der Waals surface area contributed by atoms with Crippen LogP contribution in [0.3, 0.4) is 0 Å². The Kier molecular flexibility index (Phi) is 3.42. The van der Waals surface area contributed by atoms with Gasteiger partial charge >= 0.3 is 0 Å². The summed E-state index contributed by atoms with van der Waals surface area (Å²) >= 11 is 0. The average Bonchev–Trinajstić information content (AvgIpc) is 3.02. The predicted molar refractivity (Wildman–Crippen MR) is 80.1 cm³/mol. The highest BCUT2D eigenvalue weighted by atomic mass is 16.5. The lowest BCUT2D eigenvalue weighted by atomic mass is 9.83. The molecule has 6 heteroatoms. The van der Waals surface area contributed by atoms with Crippen LogP contribution < -0.4 is 5.32 Å². The molecule has 6 nitrogen and oxygen atoms in total. The first-order valence-corrected chi connectivity index (χ1v) is 8.57. The van der Waals surface area contributed by atoms with E-state index in [1.807, 2.05) is 4.90 Å². The first-order valence-electron chi connectivity index (χ1n) is 8.57. The monoisotopic (exact) mass is 307 g/mol. The van der Waals surface area contributed by atoms with E-state index in [2.05, 4.69) is 17.1 Å². The number of likely N-dealkylation sites (N-methyl/N-ethyl adjacent to an activating group) is 1. The fraction of sp³-hybridized carbons (Fsp3) is 0.875.